The van der Waals surface area contributed by atoms with Crippen LogP contribution in [0.15, 0.2) is 5.38 Å². The molecule has 3 nitrogen and oxygen atoms in total. The Morgan fingerprint density at radius 2 is 2.29 bits per heavy atom. The molecule has 0 spiro atoms. The number of aliphatic hydroxyl groups is 1. The average Bonchev–Trinajstić information content (AvgIpc) is 2.52. The maximum atomic E-state index is 9.10. The van der Waals surface area contributed by atoms with Crippen LogP contribution in [0.5, 0.6) is 0 Å². The van der Waals surface area contributed by atoms with E-state index in [1.807, 2.05) is 6.92 Å². The molecule has 1 rings (SSSR count). The maximum absolute atomic E-state index is 9.10. The lowest BCUT2D eigenvalue weighted by molar-refractivity contribution is 0.210. The molecule has 0 aliphatic rings. The standard InChI is InChI=1S/C10H18N2OS/c1-7(2)10(5-13)11-4-9-6-14-8(3)12-9/h6-7,10-11,13H,4-5H2,1-3H3/t10-/m1/s1. The fourth-order valence-electron chi connectivity index (χ4n) is 1.24. The first-order chi connectivity index (χ1) is 6.63. The summed E-state index contributed by atoms with van der Waals surface area (Å²) in [5.74, 6) is 0.444. The first-order valence-electron chi connectivity index (χ1n) is 4.88. The summed E-state index contributed by atoms with van der Waals surface area (Å²) < 4.78 is 0. The van der Waals surface area contributed by atoms with Gasteiger partial charge in [0.05, 0.1) is 17.3 Å². The van der Waals surface area contributed by atoms with Gasteiger partial charge in [0.15, 0.2) is 0 Å². The lowest BCUT2D eigenvalue weighted by atomic mass is 10.1. The number of thiazole rings is 1. The summed E-state index contributed by atoms with van der Waals surface area (Å²) in [6.45, 7) is 7.12. The molecule has 1 aromatic heterocycles. The number of nitrogens with zero attached hydrogens (tertiary/aromatic N) is 1. The van der Waals surface area contributed by atoms with Gasteiger partial charge in [-0.1, -0.05) is 13.8 Å². The zero-order valence-corrected chi connectivity index (χ0v) is 9.77. The monoisotopic (exact) mass is 214 g/mol. The highest BCUT2D eigenvalue weighted by Crippen LogP contribution is 2.08. The van der Waals surface area contributed by atoms with Gasteiger partial charge in [0.25, 0.3) is 0 Å². The molecule has 0 unspecified atom stereocenters. The Morgan fingerprint density at radius 3 is 2.71 bits per heavy atom. The van der Waals surface area contributed by atoms with E-state index in [0.717, 1.165) is 17.2 Å². The van der Waals surface area contributed by atoms with Crippen molar-refractivity contribution in [2.24, 2.45) is 5.92 Å². The summed E-state index contributed by atoms with van der Waals surface area (Å²) >= 11 is 1.66. The van der Waals surface area contributed by atoms with Crippen molar-refractivity contribution < 1.29 is 5.11 Å². The molecule has 0 radical (unpaired) electrons. The van der Waals surface area contributed by atoms with Crippen molar-refractivity contribution in [2.45, 2.75) is 33.4 Å². The minimum Gasteiger partial charge on any atom is -0.395 e. The van der Waals surface area contributed by atoms with Gasteiger partial charge >= 0.3 is 0 Å². The third-order valence-corrected chi connectivity index (χ3v) is 3.04. The van der Waals surface area contributed by atoms with E-state index in [2.05, 4.69) is 29.5 Å². The van der Waals surface area contributed by atoms with E-state index in [4.69, 9.17) is 5.11 Å². The number of aliphatic hydroxyl groups excluding tert-OH is 1. The van der Waals surface area contributed by atoms with E-state index in [1.165, 1.54) is 0 Å². The van der Waals surface area contributed by atoms with Crippen LogP contribution in [-0.4, -0.2) is 22.7 Å². The van der Waals surface area contributed by atoms with Gasteiger partial charge < -0.3 is 10.4 Å². The summed E-state index contributed by atoms with van der Waals surface area (Å²) in [7, 11) is 0. The van der Waals surface area contributed by atoms with E-state index in [9.17, 15) is 0 Å². The minimum absolute atomic E-state index is 0.164. The number of aryl methyl sites for hydroxylation is 1. The largest absolute Gasteiger partial charge is 0.395 e. The zero-order valence-electron chi connectivity index (χ0n) is 8.95. The Hall–Kier alpha value is -0.450. The van der Waals surface area contributed by atoms with Crippen LogP contribution >= 0.6 is 11.3 Å². The Kier molecular flexibility index (Phi) is 4.51. The topological polar surface area (TPSA) is 45.2 Å². The van der Waals surface area contributed by atoms with E-state index in [0.29, 0.717) is 5.92 Å². The molecule has 1 atom stereocenters. The predicted molar refractivity (Wildman–Crippen MR) is 59.4 cm³/mol. The van der Waals surface area contributed by atoms with Crippen molar-refractivity contribution in [2.75, 3.05) is 6.61 Å². The quantitative estimate of drug-likeness (QED) is 0.782. The fraction of sp³-hybridized carbons (Fsp3) is 0.700. The molecule has 0 amide bonds. The van der Waals surface area contributed by atoms with Crippen LogP contribution in [0.2, 0.25) is 0 Å². The second-order valence-corrected chi connectivity index (χ2v) is 4.83. The number of aromatic nitrogens is 1. The molecule has 0 saturated carbocycles. The highest BCUT2D eigenvalue weighted by atomic mass is 32.1. The highest BCUT2D eigenvalue weighted by molar-refractivity contribution is 7.09. The first kappa shape index (κ1) is 11.6. The van der Waals surface area contributed by atoms with Crippen molar-refractivity contribution in [1.29, 1.82) is 0 Å². The van der Waals surface area contributed by atoms with Crippen molar-refractivity contribution in [3.8, 4) is 0 Å². The predicted octanol–water partition coefficient (Wildman–Crippen LogP) is 1.56. The zero-order chi connectivity index (χ0) is 10.6. The van der Waals surface area contributed by atoms with Gasteiger partial charge in [0.2, 0.25) is 0 Å². The number of hydrogen-bond acceptors (Lipinski definition) is 4. The molecule has 0 saturated heterocycles. The molecular weight excluding hydrogens is 196 g/mol. The molecule has 14 heavy (non-hydrogen) atoms. The smallest absolute Gasteiger partial charge is 0.0897 e. The summed E-state index contributed by atoms with van der Waals surface area (Å²) in [5.41, 5.74) is 1.06. The molecular formula is C10H18N2OS. The van der Waals surface area contributed by atoms with Crippen LogP contribution in [0.3, 0.4) is 0 Å². The van der Waals surface area contributed by atoms with Crippen LogP contribution < -0.4 is 5.32 Å². The number of hydrogen-bond donors (Lipinski definition) is 2. The second-order valence-electron chi connectivity index (χ2n) is 3.77. The van der Waals surface area contributed by atoms with Gasteiger partial charge in [0.1, 0.15) is 0 Å². The number of rotatable bonds is 5. The molecule has 1 heterocycles. The molecule has 1 aromatic rings. The van der Waals surface area contributed by atoms with E-state index in [-0.39, 0.29) is 12.6 Å². The van der Waals surface area contributed by atoms with Crippen LogP contribution in [0.1, 0.15) is 24.5 Å². The second kappa shape index (κ2) is 5.44. The molecule has 0 bridgehead atoms. The van der Waals surface area contributed by atoms with Crippen LogP contribution in [0, 0.1) is 12.8 Å². The normalized spacial score (nSPS) is 13.5. The third kappa shape index (κ3) is 3.36. The van der Waals surface area contributed by atoms with Crippen molar-refractivity contribution in [3.05, 3.63) is 16.1 Å². The van der Waals surface area contributed by atoms with Gasteiger partial charge in [-0.2, -0.15) is 0 Å². The van der Waals surface area contributed by atoms with Crippen molar-refractivity contribution in [3.63, 3.8) is 0 Å². The summed E-state index contributed by atoms with van der Waals surface area (Å²) in [5, 5.41) is 15.5. The Bertz CT molecular complexity index is 273. The highest BCUT2D eigenvalue weighted by Gasteiger charge is 2.11. The Labute approximate surface area is 89.2 Å². The van der Waals surface area contributed by atoms with Gasteiger partial charge in [-0.15, -0.1) is 11.3 Å². The van der Waals surface area contributed by atoms with E-state index in [1.54, 1.807) is 11.3 Å². The van der Waals surface area contributed by atoms with E-state index < -0.39 is 0 Å². The lowest BCUT2D eigenvalue weighted by Crippen LogP contribution is -2.36. The van der Waals surface area contributed by atoms with Crippen LogP contribution in [-0.2, 0) is 6.54 Å². The summed E-state index contributed by atoms with van der Waals surface area (Å²) in [4.78, 5) is 4.35. The number of nitrogens with one attached hydrogen (secondary N) is 1. The summed E-state index contributed by atoms with van der Waals surface area (Å²) in [6, 6.07) is 0.164. The minimum atomic E-state index is 0.164. The van der Waals surface area contributed by atoms with Crippen LogP contribution in [0.25, 0.3) is 0 Å². The van der Waals surface area contributed by atoms with Gasteiger partial charge in [-0.05, 0) is 12.8 Å². The fourth-order valence-corrected chi connectivity index (χ4v) is 1.85. The Balaban J connectivity index is 2.39. The molecule has 4 heteroatoms. The van der Waals surface area contributed by atoms with E-state index >= 15 is 0 Å². The van der Waals surface area contributed by atoms with Gasteiger partial charge in [-0.3, -0.25) is 0 Å². The molecule has 80 valence electrons. The van der Waals surface area contributed by atoms with Gasteiger partial charge in [0, 0.05) is 18.0 Å². The molecule has 0 aliphatic carbocycles. The van der Waals surface area contributed by atoms with Crippen molar-refractivity contribution >= 4 is 11.3 Å². The molecule has 0 aliphatic heterocycles. The Morgan fingerprint density at radius 1 is 1.57 bits per heavy atom. The molecule has 0 fully saturated rings. The van der Waals surface area contributed by atoms with Crippen molar-refractivity contribution in [1.82, 2.24) is 10.3 Å². The van der Waals surface area contributed by atoms with Gasteiger partial charge in [-0.25, -0.2) is 4.98 Å². The summed E-state index contributed by atoms with van der Waals surface area (Å²) in [6.07, 6.45) is 0. The van der Waals surface area contributed by atoms with Crippen LogP contribution in [0.4, 0.5) is 0 Å². The molecule has 2 N–H and O–H groups in total. The lowest BCUT2D eigenvalue weighted by Gasteiger charge is -2.19. The average molecular weight is 214 g/mol. The maximum Gasteiger partial charge on any atom is 0.0897 e. The molecule has 0 aromatic carbocycles. The third-order valence-electron chi connectivity index (χ3n) is 2.21. The SMILES string of the molecule is Cc1nc(CN[C@H](CO)C(C)C)cs1. The first-order valence-corrected chi connectivity index (χ1v) is 5.76.